The Morgan fingerprint density at radius 3 is 2.52 bits per heavy atom. The lowest BCUT2D eigenvalue weighted by molar-refractivity contribution is 0.174. The van der Waals surface area contributed by atoms with Crippen LogP contribution >= 0.6 is 0 Å². The number of nitrogens with zero attached hydrogens (tertiary/aromatic N) is 2. The lowest BCUT2D eigenvalue weighted by Gasteiger charge is -2.16. The van der Waals surface area contributed by atoms with E-state index in [1.54, 1.807) is 0 Å². The Kier molecular flexibility index (Phi) is 3.51. The second-order valence-electron chi connectivity index (χ2n) is 5.75. The number of aromatic nitrogens is 1. The minimum atomic E-state index is 0.201. The van der Waals surface area contributed by atoms with E-state index in [1.165, 1.54) is 0 Å². The number of anilines is 1. The molecule has 0 amide bonds. The molecule has 1 aliphatic heterocycles. The van der Waals surface area contributed by atoms with Crippen LogP contribution in [0.4, 0.5) is 5.82 Å². The van der Waals surface area contributed by atoms with Crippen molar-refractivity contribution in [3.63, 3.8) is 0 Å². The Balaban J connectivity index is 2.05. The van der Waals surface area contributed by atoms with Gasteiger partial charge in [0.05, 0.1) is 0 Å². The fourth-order valence-electron chi connectivity index (χ4n) is 3.14. The van der Waals surface area contributed by atoms with Gasteiger partial charge in [0.15, 0.2) is 11.5 Å². The predicted molar refractivity (Wildman–Crippen MR) is 95.1 cm³/mol. The third kappa shape index (κ3) is 2.45. The number of fused-ring (bicyclic) bond motifs is 1. The lowest BCUT2D eigenvalue weighted by atomic mass is 9.90. The molecule has 2 aromatic carbocycles. The number of nitriles is 1. The molecule has 0 aliphatic carbocycles. The number of aryl methyl sites for hydroxylation is 1. The number of pyridine rings is 1. The predicted octanol–water partition coefficient (Wildman–Crippen LogP) is 3.91. The van der Waals surface area contributed by atoms with Gasteiger partial charge >= 0.3 is 0 Å². The van der Waals surface area contributed by atoms with Crippen molar-refractivity contribution >= 4 is 5.82 Å². The van der Waals surface area contributed by atoms with E-state index >= 15 is 0 Å². The molecule has 1 aliphatic rings. The maximum absolute atomic E-state index is 9.69. The van der Waals surface area contributed by atoms with Crippen LogP contribution in [0.3, 0.4) is 0 Å². The van der Waals surface area contributed by atoms with Crippen molar-refractivity contribution in [2.75, 3.05) is 12.5 Å². The van der Waals surface area contributed by atoms with E-state index in [-0.39, 0.29) is 12.6 Å². The SMILES string of the molecule is Cc1nc(N)c(C#N)c(-c2ccc3c(c2)OCO3)c1-c1ccccc1. The number of ether oxygens (including phenoxy) is 2. The summed E-state index contributed by atoms with van der Waals surface area (Å²) in [5.74, 6) is 1.59. The highest BCUT2D eigenvalue weighted by Crippen LogP contribution is 2.42. The van der Waals surface area contributed by atoms with Crippen molar-refractivity contribution in [2.24, 2.45) is 0 Å². The fraction of sp³-hybridized carbons (Fsp3) is 0.100. The molecule has 0 bridgehead atoms. The molecule has 122 valence electrons. The van der Waals surface area contributed by atoms with E-state index in [0.29, 0.717) is 17.1 Å². The molecule has 25 heavy (non-hydrogen) atoms. The molecule has 0 saturated heterocycles. The topological polar surface area (TPSA) is 81.2 Å². The number of nitrogens with two attached hydrogens (primary N) is 1. The first-order chi connectivity index (χ1) is 12.2. The van der Waals surface area contributed by atoms with Crippen LogP contribution in [-0.2, 0) is 0 Å². The first-order valence-electron chi connectivity index (χ1n) is 7.84. The Morgan fingerprint density at radius 1 is 1.00 bits per heavy atom. The molecule has 5 heteroatoms. The molecule has 0 saturated carbocycles. The number of hydrogen-bond donors (Lipinski definition) is 1. The maximum Gasteiger partial charge on any atom is 0.231 e. The summed E-state index contributed by atoms with van der Waals surface area (Å²) < 4.78 is 10.9. The maximum atomic E-state index is 9.69. The van der Waals surface area contributed by atoms with Crippen LogP contribution in [-0.4, -0.2) is 11.8 Å². The highest BCUT2D eigenvalue weighted by molar-refractivity contribution is 5.91. The van der Waals surface area contributed by atoms with Crippen molar-refractivity contribution in [3.05, 3.63) is 59.8 Å². The molecule has 0 radical (unpaired) electrons. The summed E-state index contributed by atoms with van der Waals surface area (Å²) in [5, 5.41) is 9.69. The molecule has 2 N–H and O–H groups in total. The van der Waals surface area contributed by atoms with Crippen molar-refractivity contribution < 1.29 is 9.47 Å². The normalized spacial score (nSPS) is 12.0. The van der Waals surface area contributed by atoms with Gasteiger partial charge in [0.25, 0.3) is 0 Å². The molecule has 5 nitrogen and oxygen atoms in total. The Hall–Kier alpha value is -3.52. The summed E-state index contributed by atoms with van der Waals surface area (Å²) in [5.41, 5.74) is 10.7. The van der Waals surface area contributed by atoms with Crippen LogP contribution in [0, 0.1) is 18.3 Å². The zero-order chi connectivity index (χ0) is 17.4. The Labute approximate surface area is 145 Å². The summed E-state index contributed by atoms with van der Waals surface area (Å²) in [6, 6.07) is 17.7. The molecule has 0 spiro atoms. The third-order valence-corrected chi connectivity index (χ3v) is 4.24. The minimum Gasteiger partial charge on any atom is -0.454 e. The van der Waals surface area contributed by atoms with Crippen LogP contribution < -0.4 is 15.2 Å². The summed E-state index contributed by atoms with van der Waals surface area (Å²) in [4.78, 5) is 4.38. The highest BCUT2D eigenvalue weighted by Gasteiger charge is 2.22. The second kappa shape index (κ2) is 5.84. The molecule has 0 fully saturated rings. The standard InChI is InChI=1S/C20H15N3O2/c1-12-18(13-5-3-2-4-6-13)19(15(10-21)20(22)23-12)14-7-8-16-17(9-14)25-11-24-16/h2-9H,11H2,1H3,(H2,22,23). The summed E-state index contributed by atoms with van der Waals surface area (Å²) in [7, 11) is 0. The number of benzene rings is 2. The summed E-state index contributed by atoms with van der Waals surface area (Å²) in [6.07, 6.45) is 0. The molecule has 0 unspecified atom stereocenters. The van der Waals surface area contributed by atoms with Crippen molar-refractivity contribution in [1.82, 2.24) is 4.98 Å². The van der Waals surface area contributed by atoms with E-state index in [0.717, 1.165) is 27.9 Å². The van der Waals surface area contributed by atoms with E-state index in [1.807, 2.05) is 55.5 Å². The fourth-order valence-corrected chi connectivity index (χ4v) is 3.14. The van der Waals surface area contributed by atoms with Gasteiger partial charge in [-0.05, 0) is 30.2 Å². The summed E-state index contributed by atoms with van der Waals surface area (Å²) in [6.45, 7) is 2.10. The number of rotatable bonds is 2. The first-order valence-corrected chi connectivity index (χ1v) is 7.84. The first kappa shape index (κ1) is 15.0. The smallest absolute Gasteiger partial charge is 0.231 e. The molecule has 3 aromatic rings. The van der Waals surface area contributed by atoms with E-state index < -0.39 is 0 Å². The van der Waals surface area contributed by atoms with Crippen LogP contribution in [0.2, 0.25) is 0 Å². The van der Waals surface area contributed by atoms with Gasteiger partial charge in [-0.1, -0.05) is 36.4 Å². The van der Waals surface area contributed by atoms with Crippen molar-refractivity contribution in [1.29, 1.82) is 5.26 Å². The minimum absolute atomic E-state index is 0.201. The average Bonchev–Trinajstić information content (AvgIpc) is 3.09. The molecule has 2 heterocycles. The third-order valence-electron chi connectivity index (χ3n) is 4.24. The van der Waals surface area contributed by atoms with E-state index in [2.05, 4.69) is 11.1 Å². The van der Waals surface area contributed by atoms with Crippen LogP contribution in [0.25, 0.3) is 22.3 Å². The van der Waals surface area contributed by atoms with Gasteiger partial charge in [-0.15, -0.1) is 0 Å². The van der Waals surface area contributed by atoms with Gasteiger partial charge < -0.3 is 15.2 Å². The number of hydrogen-bond acceptors (Lipinski definition) is 5. The van der Waals surface area contributed by atoms with Gasteiger partial charge in [-0.3, -0.25) is 0 Å². The molecule has 0 atom stereocenters. The van der Waals surface area contributed by atoms with Gasteiger partial charge in [0.2, 0.25) is 6.79 Å². The van der Waals surface area contributed by atoms with Gasteiger partial charge in [0, 0.05) is 16.8 Å². The number of nitrogen functional groups attached to an aromatic ring is 1. The average molecular weight is 329 g/mol. The molecular formula is C20H15N3O2. The quantitative estimate of drug-likeness (QED) is 0.771. The van der Waals surface area contributed by atoms with Crippen LogP contribution in [0.15, 0.2) is 48.5 Å². The van der Waals surface area contributed by atoms with E-state index in [9.17, 15) is 5.26 Å². The van der Waals surface area contributed by atoms with Gasteiger partial charge in [0.1, 0.15) is 17.5 Å². The molecule has 4 rings (SSSR count). The molecular weight excluding hydrogens is 314 g/mol. The van der Waals surface area contributed by atoms with Gasteiger partial charge in [-0.2, -0.15) is 5.26 Å². The van der Waals surface area contributed by atoms with E-state index in [4.69, 9.17) is 15.2 Å². The zero-order valence-corrected chi connectivity index (χ0v) is 13.6. The van der Waals surface area contributed by atoms with Crippen LogP contribution in [0.1, 0.15) is 11.3 Å². The van der Waals surface area contributed by atoms with Crippen LogP contribution in [0.5, 0.6) is 11.5 Å². The van der Waals surface area contributed by atoms with Gasteiger partial charge in [-0.25, -0.2) is 4.98 Å². The zero-order valence-electron chi connectivity index (χ0n) is 13.6. The Bertz CT molecular complexity index is 1010. The summed E-state index contributed by atoms with van der Waals surface area (Å²) >= 11 is 0. The Morgan fingerprint density at radius 2 is 1.76 bits per heavy atom. The highest BCUT2D eigenvalue weighted by atomic mass is 16.7. The van der Waals surface area contributed by atoms with Crippen molar-refractivity contribution in [3.8, 4) is 39.8 Å². The monoisotopic (exact) mass is 329 g/mol. The molecule has 1 aromatic heterocycles. The van der Waals surface area contributed by atoms with Crippen molar-refractivity contribution in [2.45, 2.75) is 6.92 Å². The lowest BCUT2D eigenvalue weighted by Crippen LogP contribution is -2.03. The second-order valence-corrected chi connectivity index (χ2v) is 5.75. The largest absolute Gasteiger partial charge is 0.454 e.